The zero-order valence-electron chi connectivity index (χ0n) is 11.6. The van der Waals surface area contributed by atoms with Crippen LogP contribution in [0.1, 0.15) is 0 Å². The number of hydrogen-bond donors (Lipinski definition) is 2. The lowest BCUT2D eigenvalue weighted by atomic mass is 10.2. The van der Waals surface area contributed by atoms with Crippen molar-refractivity contribution in [1.82, 2.24) is 15.1 Å². The van der Waals surface area contributed by atoms with Crippen LogP contribution in [0, 0.1) is 0 Å². The molecule has 8 heteroatoms. The average molecular weight is 303 g/mol. The zero-order valence-corrected chi connectivity index (χ0v) is 12.4. The highest BCUT2D eigenvalue weighted by molar-refractivity contribution is 7.99. The minimum absolute atomic E-state index is 0.0276. The van der Waals surface area contributed by atoms with Crippen LogP contribution in [0.2, 0.25) is 0 Å². The molecular formula is C12H21N3O4S. The van der Waals surface area contributed by atoms with E-state index < -0.39 is 12.0 Å². The summed E-state index contributed by atoms with van der Waals surface area (Å²) in [4.78, 5) is 26.8. The molecule has 0 bridgehead atoms. The summed E-state index contributed by atoms with van der Waals surface area (Å²) in [6.07, 6.45) is -0.0276. The third-order valence-electron chi connectivity index (χ3n) is 3.50. The highest BCUT2D eigenvalue weighted by Gasteiger charge is 2.32. The first-order chi connectivity index (χ1) is 9.58. The summed E-state index contributed by atoms with van der Waals surface area (Å²) >= 11 is 1.57. The van der Waals surface area contributed by atoms with Crippen molar-refractivity contribution in [3.05, 3.63) is 0 Å². The fraction of sp³-hybridized carbons (Fsp3) is 0.833. The molecule has 2 amide bonds. The molecule has 0 aromatic carbocycles. The van der Waals surface area contributed by atoms with E-state index in [2.05, 4.69) is 10.2 Å². The van der Waals surface area contributed by atoms with Gasteiger partial charge in [0, 0.05) is 37.7 Å². The topological polar surface area (TPSA) is 82.1 Å². The molecule has 2 N–H and O–H groups in total. The number of ether oxygens (including phenoxy) is 1. The van der Waals surface area contributed by atoms with E-state index in [1.807, 2.05) is 7.05 Å². The van der Waals surface area contributed by atoms with Gasteiger partial charge in [0.15, 0.2) is 0 Å². The number of hydrogen-bond acceptors (Lipinski definition) is 5. The highest BCUT2D eigenvalue weighted by atomic mass is 32.2. The minimum Gasteiger partial charge on any atom is -0.480 e. The van der Waals surface area contributed by atoms with E-state index in [9.17, 15) is 9.59 Å². The number of urea groups is 1. The Morgan fingerprint density at radius 1 is 1.45 bits per heavy atom. The smallest absolute Gasteiger partial charge is 0.327 e. The normalized spacial score (nSPS) is 28.1. The molecule has 0 aliphatic carbocycles. The maximum atomic E-state index is 12.1. The van der Waals surface area contributed by atoms with Crippen LogP contribution in [0.4, 0.5) is 4.79 Å². The number of aliphatic carboxylic acids is 1. The maximum absolute atomic E-state index is 12.1. The van der Waals surface area contributed by atoms with Gasteiger partial charge in [0.1, 0.15) is 6.04 Å². The van der Waals surface area contributed by atoms with Gasteiger partial charge in [-0.2, -0.15) is 11.8 Å². The number of morpholine rings is 1. The van der Waals surface area contributed by atoms with Crippen molar-refractivity contribution < 1.29 is 19.4 Å². The second kappa shape index (κ2) is 7.14. The number of rotatable bonds is 3. The maximum Gasteiger partial charge on any atom is 0.327 e. The third kappa shape index (κ3) is 4.00. The Balaban J connectivity index is 1.82. The SMILES string of the molecule is CN1CCOC(CNC(=O)N2CCSCC2C(=O)O)C1. The van der Waals surface area contributed by atoms with Crippen LogP contribution in [0.15, 0.2) is 0 Å². The zero-order chi connectivity index (χ0) is 14.5. The van der Waals surface area contributed by atoms with Gasteiger partial charge in [-0.05, 0) is 7.05 Å². The molecule has 2 heterocycles. The molecule has 114 valence electrons. The van der Waals surface area contributed by atoms with Crippen molar-refractivity contribution in [2.75, 3.05) is 51.3 Å². The van der Waals surface area contributed by atoms with Gasteiger partial charge in [-0.3, -0.25) is 0 Å². The first kappa shape index (κ1) is 15.4. The van der Waals surface area contributed by atoms with Gasteiger partial charge in [0.05, 0.1) is 12.7 Å². The van der Waals surface area contributed by atoms with Crippen molar-refractivity contribution in [2.45, 2.75) is 12.1 Å². The van der Waals surface area contributed by atoms with Crippen molar-refractivity contribution >= 4 is 23.8 Å². The number of carbonyl (C=O) groups is 2. The predicted molar refractivity (Wildman–Crippen MR) is 76.1 cm³/mol. The van der Waals surface area contributed by atoms with Crippen LogP contribution in [-0.4, -0.2) is 90.4 Å². The van der Waals surface area contributed by atoms with Crippen LogP contribution in [0.5, 0.6) is 0 Å². The second-order valence-corrected chi connectivity index (χ2v) is 6.21. The molecule has 2 aliphatic heterocycles. The predicted octanol–water partition coefficient (Wildman–Crippen LogP) is -0.471. The van der Waals surface area contributed by atoms with Crippen molar-refractivity contribution in [2.24, 2.45) is 0 Å². The Morgan fingerprint density at radius 3 is 2.95 bits per heavy atom. The van der Waals surface area contributed by atoms with Gasteiger partial charge >= 0.3 is 12.0 Å². The number of carboxylic acids is 1. The van der Waals surface area contributed by atoms with Crippen LogP contribution >= 0.6 is 11.8 Å². The number of carboxylic acid groups (broad SMARTS) is 1. The van der Waals surface area contributed by atoms with Gasteiger partial charge < -0.3 is 25.0 Å². The molecule has 0 aromatic rings. The van der Waals surface area contributed by atoms with Crippen molar-refractivity contribution in [3.63, 3.8) is 0 Å². The Morgan fingerprint density at radius 2 is 2.25 bits per heavy atom. The number of thioether (sulfide) groups is 1. The summed E-state index contributed by atoms with van der Waals surface area (Å²) in [5.74, 6) is 0.284. The molecule has 2 atom stereocenters. The molecule has 2 rings (SSSR count). The minimum atomic E-state index is -0.944. The van der Waals surface area contributed by atoms with E-state index in [-0.39, 0.29) is 12.1 Å². The van der Waals surface area contributed by atoms with E-state index in [4.69, 9.17) is 9.84 Å². The standard InChI is InChI=1S/C12H21N3O4S/c1-14-2-4-19-9(7-14)6-13-12(18)15-3-5-20-8-10(15)11(16)17/h9-10H,2-8H2,1H3,(H,13,18)(H,16,17). The molecule has 0 radical (unpaired) electrons. The molecule has 2 unspecified atom stereocenters. The van der Waals surface area contributed by atoms with Crippen molar-refractivity contribution in [1.29, 1.82) is 0 Å². The van der Waals surface area contributed by atoms with Crippen LogP contribution in [0.25, 0.3) is 0 Å². The van der Waals surface area contributed by atoms with Gasteiger partial charge in [-0.25, -0.2) is 9.59 Å². The molecular weight excluding hydrogens is 282 g/mol. The first-order valence-electron chi connectivity index (χ1n) is 6.73. The lowest BCUT2D eigenvalue weighted by Crippen LogP contribution is -2.55. The van der Waals surface area contributed by atoms with E-state index in [1.54, 1.807) is 11.8 Å². The van der Waals surface area contributed by atoms with Crippen LogP contribution in [0.3, 0.4) is 0 Å². The van der Waals surface area contributed by atoms with Gasteiger partial charge in [0.25, 0.3) is 0 Å². The summed E-state index contributed by atoms with van der Waals surface area (Å²) in [6.45, 7) is 3.22. The van der Waals surface area contributed by atoms with Gasteiger partial charge in [-0.1, -0.05) is 0 Å². The number of likely N-dealkylation sites (N-methyl/N-ethyl adjacent to an activating group) is 1. The Hall–Kier alpha value is -0.990. The van der Waals surface area contributed by atoms with Crippen LogP contribution < -0.4 is 5.32 Å². The summed E-state index contributed by atoms with van der Waals surface area (Å²) in [5, 5.41) is 11.9. The number of nitrogens with one attached hydrogen (secondary N) is 1. The average Bonchev–Trinajstić information content (AvgIpc) is 2.45. The lowest BCUT2D eigenvalue weighted by molar-refractivity contribution is -0.141. The molecule has 0 spiro atoms. The van der Waals surface area contributed by atoms with E-state index in [0.29, 0.717) is 25.4 Å². The number of nitrogens with zero attached hydrogens (tertiary/aromatic N) is 2. The molecule has 7 nitrogen and oxygen atoms in total. The number of carbonyl (C=O) groups excluding carboxylic acids is 1. The molecule has 2 aliphatic rings. The Bertz CT molecular complexity index is 369. The Labute approximate surface area is 122 Å². The first-order valence-corrected chi connectivity index (χ1v) is 7.88. The van der Waals surface area contributed by atoms with Crippen LogP contribution in [-0.2, 0) is 9.53 Å². The second-order valence-electron chi connectivity index (χ2n) is 5.06. The molecule has 2 fully saturated rings. The van der Waals surface area contributed by atoms with Gasteiger partial charge in [0.2, 0.25) is 0 Å². The summed E-state index contributed by atoms with van der Waals surface area (Å²) in [7, 11) is 2.01. The largest absolute Gasteiger partial charge is 0.480 e. The molecule has 2 saturated heterocycles. The quantitative estimate of drug-likeness (QED) is 0.733. The molecule has 0 aromatic heterocycles. The lowest BCUT2D eigenvalue weighted by Gasteiger charge is -2.34. The molecule has 20 heavy (non-hydrogen) atoms. The number of amides is 2. The van der Waals surface area contributed by atoms with E-state index in [0.717, 1.165) is 18.8 Å². The highest BCUT2D eigenvalue weighted by Crippen LogP contribution is 2.16. The molecule has 0 saturated carbocycles. The Kier molecular flexibility index (Phi) is 5.50. The summed E-state index contributed by atoms with van der Waals surface area (Å²) < 4.78 is 5.57. The third-order valence-corrected chi connectivity index (χ3v) is 4.52. The van der Waals surface area contributed by atoms with E-state index in [1.165, 1.54) is 4.90 Å². The summed E-state index contributed by atoms with van der Waals surface area (Å²) in [6, 6.07) is -1.04. The fourth-order valence-electron chi connectivity index (χ4n) is 2.34. The summed E-state index contributed by atoms with van der Waals surface area (Å²) in [5.41, 5.74) is 0. The van der Waals surface area contributed by atoms with Crippen molar-refractivity contribution in [3.8, 4) is 0 Å². The van der Waals surface area contributed by atoms with Gasteiger partial charge in [-0.15, -0.1) is 0 Å². The fourth-order valence-corrected chi connectivity index (χ4v) is 3.38. The van der Waals surface area contributed by atoms with E-state index >= 15 is 0 Å². The monoisotopic (exact) mass is 303 g/mol.